The molecule has 1 unspecified atom stereocenters. The number of nitriles is 1. The minimum absolute atomic E-state index is 0.0253. The quantitative estimate of drug-likeness (QED) is 0.567. The number of aromatic amines is 1. The second kappa shape index (κ2) is 7.05. The molecule has 0 aliphatic carbocycles. The maximum atomic E-state index is 13.2. The number of fused-ring (bicyclic) bond motifs is 2. The van der Waals surface area contributed by atoms with Crippen LogP contribution in [0.4, 0.5) is 0 Å². The molecular formula is C24H17N3O3. The van der Waals surface area contributed by atoms with E-state index >= 15 is 0 Å². The summed E-state index contributed by atoms with van der Waals surface area (Å²) in [5.74, 6) is -0.523. The van der Waals surface area contributed by atoms with Crippen molar-refractivity contribution in [1.82, 2.24) is 9.88 Å². The van der Waals surface area contributed by atoms with E-state index in [1.807, 2.05) is 53.4 Å². The fourth-order valence-electron chi connectivity index (χ4n) is 4.12. The van der Waals surface area contributed by atoms with Gasteiger partial charge in [-0.1, -0.05) is 36.4 Å². The highest BCUT2D eigenvalue weighted by Gasteiger charge is 2.36. The van der Waals surface area contributed by atoms with Gasteiger partial charge in [-0.05, 0) is 53.4 Å². The number of amides is 1. The number of aromatic nitrogens is 1. The third-order valence-corrected chi connectivity index (χ3v) is 5.51. The fourth-order valence-corrected chi connectivity index (χ4v) is 4.12. The van der Waals surface area contributed by atoms with Crippen molar-refractivity contribution in [3.05, 3.63) is 105 Å². The molecule has 4 aromatic rings. The van der Waals surface area contributed by atoms with Gasteiger partial charge in [0.15, 0.2) is 5.58 Å². The van der Waals surface area contributed by atoms with Crippen molar-refractivity contribution in [1.29, 1.82) is 5.26 Å². The van der Waals surface area contributed by atoms with Crippen molar-refractivity contribution in [3.8, 4) is 6.07 Å². The Kier molecular flexibility index (Phi) is 4.22. The van der Waals surface area contributed by atoms with E-state index in [9.17, 15) is 14.9 Å². The lowest BCUT2D eigenvalue weighted by atomic mass is 9.97. The van der Waals surface area contributed by atoms with Crippen LogP contribution in [0, 0.1) is 11.3 Å². The molecule has 6 heteroatoms. The van der Waals surface area contributed by atoms with Crippen LogP contribution >= 0.6 is 0 Å². The number of carbonyl (C=O) groups excluding carboxylic acids is 1. The molecule has 1 aromatic heterocycles. The average Bonchev–Trinajstić information content (AvgIpc) is 3.26. The summed E-state index contributed by atoms with van der Waals surface area (Å²) in [5, 5.41) is 9.21. The number of rotatable bonds is 4. The number of hydrogen-bond acceptors (Lipinski definition) is 4. The van der Waals surface area contributed by atoms with Crippen LogP contribution < -0.4 is 5.76 Å². The van der Waals surface area contributed by atoms with E-state index in [0.29, 0.717) is 35.2 Å². The highest BCUT2D eigenvalue weighted by molar-refractivity contribution is 5.99. The van der Waals surface area contributed by atoms with E-state index < -0.39 is 5.76 Å². The van der Waals surface area contributed by atoms with Crippen LogP contribution in [0.5, 0.6) is 0 Å². The Labute approximate surface area is 172 Å². The summed E-state index contributed by atoms with van der Waals surface area (Å²) in [7, 11) is 0. The minimum atomic E-state index is -0.498. The van der Waals surface area contributed by atoms with Gasteiger partial charge in [-0.25, -0.2) is 4.79 Å². The second-order valence-electron chi connectivity index (χ2n) is 7.40. The number of carbonyl (C=O) groups is 1. The predicted octanol–water partition coefficient (Wildman–Crippen LogP) is 3.93. The Hall–Kier alpha value is -4.11. The van der Waals surface area contributed by atoms with Gasteiger partial charge in [0.1, 0.15) is 0 Å². The normalized spacial score (nSPS) is 15.4. The first-order valence-corrected chi connectivity index (χ1v) is 9.63. The van der Waals surface area contributed by atoms with Gasteiger partial charge >= 0.3 is 5.76 Å². The topological polar surface area (TPSA) is 90.1 Å². The van der Waals surface area contributed by atoms with Crippen molar-refractivity contribution >= 4 is 17.0 Å². The lowest BCUT2D eigenvalue weighted by molar-refractivity contribution is 0.0709. The van der Waals surface area contributed by atoms with Crippen LogP contribution in [0.1, 0.15) is 38.7 Å². The van der Waals surface area contributed by atoms with Crippen LogP contribution in [0.15, 0.2) is 75.9 Å². The number of nitrogens with zero attached hydrogens (tertiary/aromatic N) is 2. The maximum absolute atomic E-state index is 13.2. The van der Waals surface area contributed by atoms with Gasteiger partial charge in [-0.3, -0.25) is 9.78 Å². The highest BCUT2D eigenvalue weighted by atomic mass is 16.4. The van der Waals surface area contributed by atoms with Crippen LogP contribution in [0.3, 0.4) is 0 Å². The van der Waals surface area contributed by atoms with E-state index in [1.54, 1.807) is 18.2 Å². The monoisotopic (exact) mass is 395 g/mol. The zero-order valence-electron chi connectivity index (χ0n) is 16.0. The molecule has 1 aliphatic rings. The summed E-state index contributed by atoms with van der Waals surface area (Å²) in [6.45, 7) is 0.390. The summed E-state index contributed by atoms with van der Waals surface area (Å²) in [5.41, 5.74) is 5.27. The van der Waals surface area contributed by atoms with Gasteiger partial charge in [0.25, 0.3) is 5.91 Å². The Morgan fingerprint density at radius 3 is 2.73 bits per heavy atom. The Morgan fingerprint density at radius 2 is 1.87 bits per heavy atom. The number of benzene rings is 3. The van der Waals surface area contributed by atoms with Crippen molar-refractivity contribution in [2.45, 2.75) is 19.0 Å². The van der Waals surface area contributed by atoms with Crippen LogP contribution in [-0.2, 0) is 13.0 Å². The van der Waals surface area contributed by atoms with Gasteiger partial charge < -0.3 is 9.32 Å². The number of oxazole rings is 1. The summed E-state index contributed by atoms with van der Waals surface area (Å²) in [6, 6.07) is 22.6. The first-order chi connectivity index (χ1) is 14.6. The number of H-pyrrole nitrogens is 1. The van der Waals surface area contributed by atoms with E-state index in [0.717, 1.165) is 16.7 Å². The molecule has 1 N–H and O–H groups in total. The van der Waals surface area contributed by atoms with Crippen LogP contribution in [-0.4, -0.2) is 15.8 Å². The smallest absolute Gasteiger partial charge is 0.408 e. The van der Waals surface area contributed by atoms with Crippen molar-refractivity contribution in [3.63, 3.8) is 0 Å². The maximum Gasteiger partial charge on any atom is 0.417 e. The molecule has 3 aromatic carbocycles. The zero-order valence-corrected chi connectivity index (χ0v) is 16.0. The molecule has 0 saturated carbocycles. The van der Waals surface area contributed by atoms with E-state index in [-0.39, 0.29) is 11.9 Å². The standard InChI is InChI=1S/C24H17N3O3/c25-13-16-5-3-4-15(10-16)11-21-18-6-1-2-7-19(18)23(28)27(21)14-17-8-9-20-22(12-17)30-24(29)26-20/h1-10,12,21H,11,14H2,(H,26,29). The molecule has 0 saturated heterocycles. The van der Waals surface area contributed by atoms with E-state index in [1.165, 1.54) is 0 Å². The SMILES string of the molecule is N#Cc1cccc(CC2c3ccccc3C(=O)N2Cc2ccc3[nH]c(=O)oc3c2)c1. The molecule has 6 nitrogen and oxygen atoms in total. The van der Waals surface area contributed by atoms with Gasteiger partial charge in [0, 0.05) is 12.1 Å². The summed E-state index contributed by atoms with van der Waals surface area (Å²) < 4.78 is 5.16. The van der Waals surface area contributed by atoms with E-state index in [2.05, 4.69) is 11.1 Å². The summed E-state index contributed by atoms with van der Waals surface area (Å²) in [4.78, 5) is 29.1. The highest BCUT2D eigenvalue weighted by Crippen LogP contribution is 2.37. The van der Waals surface area contributed by atoms with Crippen LogP contribution in [0.25, 0.3) is 11.1 Å². The Bertz CT molecular complexity index is 1380. The number of nitrogens with one attached hydrogen (secondary N) is 1. The first kappa shape index (κ1) is 18.0. The zero-order chi connectivity index (χ0) is 20.7. The lowest BCUT2D eigenvalue weighted by Crippen LogP contribution is -2.28. The molecule has 0 radical (unpaired) electrons. The molecule has 146 valence electrons. The van der Waals surface area contributed by atoms with Gasteiger partial charge in [-0.2, -0.15) is 5.26 Å². The fraction of sp³-hybridized carbons (Fsp3) is 0.125. The predicted molar refractivity (Wildman–Crippen MR) is 111 cm³/mol. The Balaban J connectivity index is 1.51. The third-order valence-electron chi connectivity index (χ3n) is 5.51. The summed E-state index contributed by atoms with van der Waals surface area (Å²) >= 11 is 0. The van der Waals surface area contributed by atoms with Crippen molar-refractivity contribution < 1.29 is 9.21 Å². The molecule has 30 heavy (non-hydrogen) atoms. The minimum Gasteiger partial charge on any atom is -0.408 e. The molecule has 0 fully saturated rings. The average molecular weight is 395 g/mol. The van der Waals surface area contributed by atoms with Gasteiger partial charge in [-0.15, -0.1) is 0 Å². The van der Waals surface area contributed by atoms with Gasteiger partial charge in [0.05, 0.1) is 23.2 Å². The van der Waals surface area contributed by atoms with Crippen molar-refractivity contribution in [2.75, 3.05) is 0 Å². The molecule has 0 bridgehead atoms. The molecule has 1 aliphatic heterocycles. The Morgan fingerprint density at radius 1 is 1.00 bits per heavy atom. The lowest BCUT2D eigenvalue weighted by Gasteiger charge is -2.26. The largest absolute Gasteiger partial charge is 0.417 e. The molecule has 5 rings (SSSR count). The van der Waals surface area contributed by atoms with E-state index in [4.69, 9.17) is 4.42 Å². The van der Waals surface area contributed by atoms with Crippen molar-refractivity contribution in [2.24, 2.45) is 0 Å². The third kappa shape index (κ3) is 3.07. The second-order valence-corrected chi connectivity index (χ2v) is 7.40. The first-order valence-electron chi connectivity index (χ1n) is 9.63. The molecular weight excluding hydrogens is 378 g/mol. The molecule has 1 amide bonds. The number of hydrogen-bond donors (Lipinski definition) is 1. The van der Waals surface area contributed by atoms with Crippen LogP contribution in [0.2, 0.25) is 0 Å². The molecule has 1 atom stereocenters. The van der Waals surface area contributed by atoms with Gasteiger partial charge in [0.2, 0.25) is 0 Å². The summed E-state index contributed by atoms with van der Waals surface area (Å²) in [6.07, 6.45) is 0.611. The molecule has 2 heterocycles. The molecule has 0 spiro atoms.